The number of furan rings is 1. The SMILES string of the molecule is O=C(CN1CCC2(CC2N2C(=O)C3(CCN(Cc4ccccc4)CC3)N=C2c2ccc(-c3ccc4occc4c3)cc2)C1)C1CC1. The van der Waals surface area contributed by atoms with Crippen molar-refractivity contribution in [1.29, 1.82) is 0 Å². The number of likely N-dealkylation sites (tertiary alicyclic amines) is 2. The number of benzene rings is 3. The van der Waals surface area contributed by atoms with Crippen LogP contribution in [-0.2, 0) is 16.1 Å². The summed E-state index contributed by atoms with van der Waals surface area (Å²) in [6, 6.07) is 27.6. The molecule has 0 radical (unpaired) electrons. The number of amides is 1. The van der Waals surface area contributed by atoms with E-state index in [-0.39, 0.29) is 17.4 Å². The van der Waals surface area contributed by atoms with Crippen molar-refractivity contribution < 1.29 is 14.0 Å². The number of carbonyl (C=O) groups is 2. The van der Waals surface area contributed by atoms with Gasteiger partial charge in [0.2, 0.25) is 0 Å². The first-order valence-electron chi connectivity index (χ1n) is 17.0. The zero-order chi connectivity index (χ0) is 30.9. The molecular formula is C39H40N4O3. The van der Waals surface area contributed by atoms with E-state index in [1.54, 1.807) is 6.26 Å². The summed E-state index contributed by atoms with van der Waals surface area (Å²) >= 11 is 0. The van der Waals surface area contributed by atoms with Gasteiger partial charge >= 0.3 is 0 Å². The molecule has 2 unspecified atom stereocenters. The molecule has 0 N–H and O–H groups in total. The highest BCUT2D eigenvalue weighted by Crippen LogP contribution is 2.58. The molecule has 4 heterocycles. The van der Waals surface area contributed by atoms with Crippen LogP contribution in [0.2, 0.25) is 0 Å². The average Bonchev–Trinajstić information content (AvgIpc) is 3.92. The first-order chi connectivity index (χ1) is 22.5. The fraction of sp³-hybridized carbons (Fsp3) is 0.410. The Hall–Kier alpha value is -4.07. The molecule has 7 heteroatoms. The highest BCUT2D eigenvalue weighted by molar-refractivity contribution is 6.16. The molecule has 3 aliphatic heterocycles. The first kappa shape index (κ1) is 28.2. The van der Waals surface area contributed by atoms with Crippen LogP contribution in [-0.4, -0.2) is 76.5 Å². The van der Waals surface area contributed by atoms with Gasteiger partial charge in [0.05, 0.1) is 12.8 Å². The molecule has 46 heavy (non-hydrogen) atoms. The lowest BCUT2D eigenvalue weighted by molar-refractivity contribution is -0.133. The van der Waals surface area contributed by atoms with Crippen molar-refractivity contribution >= 4 is 28.5 Å². The Kier molecular flexibility index (Phi) is 6.58. The third kappa shape index (κ3) is 4.92. The van der Waals surface area contributed by atoms with Crippen LogP contribution in [0.25, 0.3) is 22.1 Å². The van der Waals surface area contributed by atoms with Gasteiger partial charge in [-0.3, -0.25) is 29.3 Å². The van der Waals surface area contributed by atoms with Gasteiger partial charge in [-0.1, -0.05) is 60.7 Å². The molecule has 2 aliphatic carbocycles. The Balaban J connectivity index is 0.985. The summed E-state index contributed by atoms with van der Waals surface area (Å²) in [6.07, 6.45) is 7.36. The van der Waals surface area contributed by atoms with Crippen molar-refractivity contribution in [1.82, 2.24) is 14.7 Å². The summed E-state index contributed by atoms with van der Waals surface area (Å²) in [7, 11) is 0. The fourth-order valence-corrected chi connectivity index (χ4v) is 8.33. The van der Waals surface area contributed by atoms with Gasteiger partial charge < -0.3 is 4.42 Å². The molecule has 2 spiro atoms. The smallest absolute Gasteiger partial charge is 0.256 e. The molecule has 3 aromatic carbocycles. The van der Waals surface area contributed by atoms with Crippen LogP contribution in [0.1, 0.15) is 49.7 Å². The van der Waals surface area contributed by atoms with E-state index in [9.17, 15) is 9.59 Å². The predicted molar refractivity (Wildman–Crippen MR) is 178 cm³/mol. The molecule has 2 saturated carbocycles. The van der Waals surface area contributed by atoms with Crippen molar-refractivity contribution in [2.45, 2.75) is 56.7 Å². The molecular weight excluding hydrogens is 572 g/mol. The average molecular weight is 613 g/mol. The fourth-order valence-electron chi connectivity index (χ4n) is 8.33. The molecule has 1 amide bonds. The van der Waals surface area contributed by atoms with Crippen molar-refractivity contribution in [2.24, 2.45) is 16.3 Å². The third-order valence-electron chi connectivity index (χ3n) is 11.4. The zero-order valence-electron chi connectivity index (χ0n) is 26.2. The first-order valence-corrected chi connectivity index (χ1v) is 17.0. The van der Waals surface area contributed by atoms with Gasteiger partial charge in [0.1, 0.15) is 22.7 Å². The number of amidine groups is 1. The molecule has 2 atom stereocenters. The molecule has 4 aromatic rings. The number of hydrogen-bond acceptors (Lipinski definition) is 6. The van der Waals surface area contributed by atoms with E-state index >= 15 is 0 Å². The highest BCUT2D eigenvalue weighted by Gasteiger charge is 2.65. The second-order valence-corrected chi connectivity index (χ2v) is 14.4. The van der Waals surface area contributed by atoms with Crippen LogP contribution >= 0.6 is 0 Å². The van der Waals surface area contributed by atoms with Crippen molar-refractivity contribution in [2.75, 3.05) is 32.7 Å². The van der Waals surface area contributed by atoms with Gasteiger partial charge in [-0.15, -0.1) is 0 Å². The summed E-state index contributed by atoms with van der Waals surface area (Å²) in [5.74, 6) is 1.73. The number of nitrogens with zero attached hydrogens (tertiary/aromatic N) is 4. The van der Waals surface area contributed by atoms with Gasteiger partial charge in [0, 0.05) is 54.5 Å². The molecule has 9 rings (SSSR count). The molecule has 5 aliphatic rings. The lowest BCUT2D eigenvalue weighted by atomic mass is 9.87. The lowest BCUT2D eigenvalue weighted by Gasteiger charge is -2.36. The Morgan fingerprint density at radius 3 is 2.37 bits per heavy atom. The van der Waals surface area contributed by atoms with E-state index in [0.29, 0.717) is 18.2 Å². The van der Waals surface area contributed by atoms with Crippen LogP contribution < -0.4 is 0 Å². The minimum absolute atomic E-state index is 0.0692. The Bertz CT molecular complexity index is 1830. The van der Waals surface area contributed by atoms with E-state index in [0.717, 1.165) is 105 Å². The van der Waals surface area contributed by atoms with E-state index in [1.165, 1.54) is 5.56 Å². The van der Waals surface area contributed by atoms with Crippen molar-refractivity contribution in [3.8, 4) is 11.1 Å². The summed E-state index contributed by atoms with van der Waals surface area (Å²) in [6.45, 7) is 5.03. The van der Waals surface area contributed by atoms with Crippen LogP contribution in [0.3, 0.4) is 0 Å². The Labute approximate surface area is 269 Å². The minimum atomic E-state index is -0.697. The number of rotatable bonds is 8. The number of piperidine rings is 1. The summed E-state index contributed by atoms with van der Waals surface area (Å²) < 4.78 is 5.54. The lowest BCUT2D eigenvalue weighted by Crippen LogP contribution is -2.51. The molecule has 0 bridgehead atoms. The maximum atomic E-state index is 14.6. The maximum absolute atomic E-state index is 14.6. The maximum Gasteiger partial charge on any atom is 0.256 e. The van der Waals surface area contributed by atoms with E-state index in [4.69, 9.17) is 9.41 Å². The molecule has 4 fully saturated rings. The van der Waals surface area contributed by atoms with Crippen LogP contribution in [0, 0.1) is 11.3 Å². The Morgan fingerprint density at radius 1 is 0.848 bits per heavy atom. The second-order valence-electron chi connectivity index (χ2n) is 14.4. The van der Waals surface area contributed by atoms with Gasteiger partial charge in [0.15, 0.2) is 0 Å². The third-order valence-corrected chi connectivity index (χ3v) is 11.4. The number of ketones is 1. The zero-order valence-corrected chi connectivity index (χ0v) is 26.2. The van der Waals surface area contributed by atoms with Crippen LogP contribution in [0.4, 0.5) is 0 Å². The minimum Gasteiger partial charge on any atom is -0.464 e. The summed E-state index contributed by atoms with van der Waals surface area (Å²) in [5, 5.41) is 1.09. The number of hydrogen-bond donors (Lipinski definition) is 0. The van der Waals surface area contributed by atoms with E-state index < -0.39 is 5.54 Å². The highest BCUT2D eigenvalue weighted by atomic mass is 16.3. The standard InChI is InChI=1S/C39H40N4O3/c44-33(29-8-9-29)25-42-18-15-38(26-42)23-35(38)43-36(30-10-6-28(7-11-30)31-12-13-34-32(22-31)14-21-46-34)40-39(37(43)45)16-19-41(20-17-39)24-27-4-2-1-3-5-27/h1-7,10-14,21-22,29,35H,8-9,15-20,23-26H2. The summed E-state index contributed by atoms with van der Waals surface area (Å²) in [4.78, 5) is 39.5. The van der Waals surface area contributed by atoms with Crippen molar-refractivity contribution in [3.63, 3.8) is 0 Å². The van der Waals surface area contributed by atoms with Crippen LogP contribution in [0.15, 0.2) is 94.5 Å². The van der Waals surface area contributed by atoms with Crippen molar-refractivity contribution in [3.05, 3.63) is 96.3 Å². The molecule has 7 nitrogen and oxygen atoms in total. The second kappa shape index (κ2) is 10.7. The monoisotopic (exact) mass is 612 g/mol. The molecule has 2 saturated heterocycles. The largest absolute Gasteiger partial charge is 0.464 e. The van der Waals surface area contributed by atoms with Gasteiger partial charge in [0.25, 0.3) is 5.91 Å². The van der Waals surface area contributed by atoms with Crippen LogP contribution in [0.5, 0.6) is 0 Å². The predicted octanol–water partition coefficient (Wildman–Crippen LogP) is 6.17. The number of Topliss-reactive ketones (excluding diaryl/α,β-unsaturated/α-hetero) is 1. The van der Waals surface area contributed by atoms with E-state index in [1.807, 2.05) is 12.1 Å². The normalized spacial score (nSPS) is 26.0. The number of fused-ring (bicyclic) bond motifs is 1. The summed E-state index contributed by atoms with van der Waals surface area (Å²) in [5.41, 5.74) is 4.83. The van der Waals surface area contributed by atoms with Gasteiger partial charge in [-0.05, 0) is 80.0 Å². The molecule has 234 valence electrons. The number of aliphatic imine (C=N–C) groups is 1. The quantitative estimate of drug-likeness (QED) is 0.238. The van der Waals surface area contributed by atoms with E-state index in [2.05, 4.69) is 81.4 Å². The molecule has 1 aromatic heterocycles. The topological polar surface area (TPSA) is 69.4 Å². The van der Waals surface area contributed by atoms with Gasteiger partial charge in [-0.25, -0.2) is 0 Å². The number of carbonyl (C=O) groups excluding carboxylic acids is 2. The van der Waals surface area contributed by atoms with Gasteiger partial charge in [-0.2, -0.15) is 0 Å². The Morgan fingerprint density at radius 2 is 1.59 bits per heavy atom.